The van der Waals surface area contributed by atoms with Crippen molar-refractivity contribution in [3.05, 3.63) is 35.4 Å². The Morgan fingerprint density at radius 3 is 2.28 bits per heavy atom. The SMILES string of the molecule is O=C(O[C@H](CN1CCCCC1)C(F)(F)F)c1cccc(C(F)(F)F)c1. The molecule has 25 heavy (non-hydrogen) atoms. The van der Waals surface area contributed by atoms with Gasteiger partial charge in [-0.15, -0.1) is 0 Å². The Morgan fingerprint density at radius 1 is 1.08 bits per heavy atom. The number of ether oxygens (including phenoxy) is 1. The summed E-state index contributed by atoms with van der Waals surface area (Å²) >= 11 is 0. The van der Waals surface area contributed by atoms with E-state index >= 15 is 0 Å². The van der Waals surface area contributed by atoms with Gasteiger partial charge < -0.3 is 4.74 Å². The molecule has 0 aliphatic carbocycles. The third-order valence-corrected chi connectivity index (χ3v) is 3.91. The van der Waals surface area contributed by atoms with E-state index in [2.05, 4.69) is 4.74 Å². The molecular weight excluding hydrogens is 352 g/mol. The standard InChI is InChI=1S/C16H17F6NO2/c17-15(18,19)12-6-4-5-11(9-12)14(24)25-13(16(20,21)22)10-23-7-2-1-3-8-23/h4-6,9,13H,1-3,7-8,10H2/t13-/m1/s1. The van der Waals surface area contributed by atoms with Gasteiger partial charge in [-0.2, -0.15) is 26.3 Å². The predicted molar refractivity (Wildman–Crippen MR) is 77.0 cm³/mol. The molecule has 1 aliphatic rings. The van der Waals surface area contributed by atoms with E-state index in [4.69, 9.17) is 0 Å². The Hall–Kier alpha value is -1.77. The molecular formula is C16H17F6NO2. The summed E-state index contributed by atoms with van der Waals surface area (Å²) in [5, 5.41) is 0. The third-order valence-electron chi connectivity index (χ3n) is 3.91. The molecule has 1 fully saturated rings. The molecule has 9 heteroatoms. The summed E-state index contributed by atoms with van der Waals surface area (Å²) in [6, 6.07) is 3.15. The summed E-state index contributed by atoms with van der Waals surface area (Å²) in [7, 11) is 0. The maximum atomic E-state index is 13.1. The van der Waals surface area contributed by atoms with Crippen molar-refractivity contribution in [2.24, 2.45) is 0 Å². The fourth-order valence-corrected chi connectivity index (χ4v) is 2.60. The fraction of sp³-hybridized carbons (Fsp3) is 0.562. The Morgan fingerprint density at radius 2 is 1.72 bits per heavy atom. The number of likely N-dealkylation sites (tertiary alicyclic amines) is 1. The minimum atomic E-state index is -4.80. The number of carbonyl (C=O) groups is 1. The van der Waals surface area contributed by atoms with Gasteiger partial charge in [-0.25, -0.2) is 4.79 Å². The summed E-state index contributed by atoms with van der Waals surface area (Å²) < 4.78 is 81.9. The third kappa shape index (κ3) is 5.62. The summed E-state index contributed by atoms with van der Waals surface area (Å²) in [6.07, 6.45) is -9.44. The number of esters is 1. The van der Waals surface area contributed by atoms with Crippen LogP contribution in [0.25, 0.3) is 0 Å². The molecule has 1 atom stereocenters. The molecule has 3 nitrogen and oxygen atoms in total. The van der Waals surface area contributed by atoms with Gasteiger partial charge in [0.1, 0.15) is 0 Å². The summed E-state index contributed by atoms with van der Waals surface area (Å²) in [5.41, 5.74) is -1.69. The molecule has 0 saturated carbocycles. The molecule has 0 bridgehead atoms. The van der Waals surface area contributed by atoms with E-state index in [0.29, 0.717) is 19.2 Å². The van der Waals surface area contributed by atoms with Crippen molar-refractivity contribution in [1.82, 2.24) is 4.90 Å². The number of nitrogens with zero attached hydrogens (tertiary/aromatic N) is 1. The van der Waals surface area contributed by atoms with E-state index in [-0.39, 0.29) is 0 Å². The zero-order chi connectivity index (χ0) is 18.7. The van der Waals surface area contributed by atoms with E-state index in [1.165, 1.54) is 0 Å². The van der Waals surface area contributed by atoms with E-state index in [9.17, 15) is 31.1 Å². The minimum Gasteiger partial charge on any atom is -0.448 e. The number of rotatable bonds is 4. The second-order valence-electron chi connectivity index (χ2n) is 5.88. The number of piperidine rings is 1. The van der Waals surface area contributed by atoms with Crippen LogP contribution >= 0.6 is 0 Å². The van der Waals surface area contributed by atoms with Crippen molar-refractivity contribution < 1.29 is 35.9 Å². The number of hydrogen-bond donors (Lipinski definition) is 0. The van der Waals surface area contributed by atoms with Crippen LogP contribution < -0.4 is 0 Å². The van der Waals surface area contributed by atoms with E-state index in [0.717, 1.165) is 37.5 Å². The van der Waals surface area contributed by atoms with Crippen LogP contribution in [0.5, 0.6) is 0 Å². The monoisotopic (exact) mass is 369 g/mol. The van der Waals surface area contributed by atoms with Gasteiger partial charge in [0.15, 0.2) is 0 Å². The number of carbonyl (C=O) groups excluding carboxylic acids is 1. The van der Waals surface area contributed by atoms with Crippen LogP contribution in [0.4, 0.5) is 26.3 Å². The van der Waals surface area contributed by atoms with Crippen LogP contribution in [-0.4, -0.2) is 42.8 Å². The smallest absolute Gasteiger partial charge is 0.426 e. The zero-order valence-corrected chi connectivity index (χ0v) is 13.2. The van der Waals surface area contributed by atoms with Gasteiger partial charge in [-0.1, -0.05) is 12.5 Å². The van der Waals surface area contributed by atoms with Gasteiger partial charge in [0.05, 0.1) is 11.1 Å². The topological polar surface area (TPSA) is 29.5 Å². The molecule has 2 rings (SSSR count). The summed E-state index contributed by atoms with van der Waals surface area (Å²) in [4.78, 5) is 13.5. The minimum absolute atomic E-state index is 0.466. The second-order valence-corrected chi connectivity index (χ2v) is 5.88. The first-order chi connectivity index (χ1) is 11.6. The highest BCUT2D eigenvalue weighted by molar-refractivity contribution is 5.89. The summed E-state index contributed by atoms with van der Waals surface area (Å²) in [5.74, 6) is -1.43. The van der Waals surface area contributed by atoms with Crippen LogP contribution in [0.1, 0.15) is 35.2 Å². The van der Waals surface area contributed by atoms with Crippen molar-refractivity contribution in [2.75, 3.05) is 19.6 Å². The molecule has 1 aromatic carbocycles. The Labute approximate surface area is 140 Å². The molecule has 1 heterocycles. The van der Waals surface area contributed by atoms with Gasteiger partial charge in [0.25, 0.3) is 0 Å². The number of hydrogen-bond acceptors (Lipinski definition) is 3. The predicted octanol–water partition coefficient (Wildman–Crippen LogP) is 4.28. The fourth-order valence-electron chi connectivity index (χ4n) is 2.60. The second kappa shape index (κ2) is 7.63. The average molecular weight is 369 g/mol. The highest BCUT2D eigenvalue weighted by Gasteiger charge is 2.44. The van der Waals surface area contributed by atoms with Crippen molar-refractivity contribution in [3.63, 3.8) is 0 Å². The molecule has 0 amide bonds. The molecule has 140 valence electrons. The first kappa shape index (κ1) is 19.6. The molecule has 0 N–H and O–H groups in total. The van der Waals surface area contributed by atoms with Crippen molar-refractivity contribution in [3.8, 4) is 0 Å². The van der Waals surface area contributed by atoms with Crippen LogP contribution in [-0.2, 0) is 10.9 Å². The van der Waals surface area contributed by atoms with Gasteiger partial charge >= 0.3 is 18.3 Å². The van der Waals surface area contributed by atoms with Gasteiger partial charge in [-0.05, 0) is 44.1 Å². The Kier molecular flexibility index (Phi) is 5.97. The summed E-state index contributed by atoms with van der Waals surface area (Å²) in [6.45, 7) is 0.412. The first-order valence-corrected chi connectivity index (χ1v) is 7.74. The Bertz CT molecular complexity index is 593. The molecule has 0 spiro atoms. The van der Waals surface area contributed by atoms with Crippen LogP contribution in [0, 0.1) is 0 Å². The average Bonchev–Trinajstić information content (AvgIpc) is 2.53. The highest BCUT2D eigenvalue weighted by Crippen LogP contribution is 2.30. The van der Waals surface area contributed by atoms with Crippen molar-refractivity contribution >= 4 is 5.97 Å². The lowest BCUT2D eigenvalue weighted by atomic mass is 10.1. The van der Waals surface area contributed by atoms with Gasteiger partial charge in [-0.3, -0.25) is 4.90 Å². The highest BCUT2D eigenvalue weighted by atomic mass is 19.4. The maximum Gasteiger partial charge on any atom is 0.426 e. The van der Waals surface area contributed by atoms with Crippen LogP contribution in [0.2, 0.25) is 0 Å². The Balaban J connectivity index is 2.11. The van der Waals surface area contributed by atoms with Gasteiger partial charge in [0, 0.05) is 6.54 Å². The number of halogens is 6. The van der Waals surface area contributed by atoms with Crippen LogP contribution in [0.3, 0.4) is 0 Å². The normalized spacial score (nSPS) is 18.0. The molecule has 1 aliphatic heterocycles. The van der Waals surface area contributed by atoms with Crippen molar-refractivity contribution in [1.29, 1.82) is 0 Å². The van der Waals surface area contributed by atoms with Crippen LogP contribution in [0.15, 0.2) is 24.3 Å². The zero-order valence-electron chi connectivity index (χ0n) is 13.2. The van der Waals surface area contributed by atoms with E-state index < -0.39 is 42.1 Å². The largest absolute Gasteiger partial charge is 0.448 e. The van der Waals surface area contributed by atoms with Crippen molar-refractivity contribution in [2.45, 2.75) is 37.7 Å². The number of benzene rings is 1. The lowest BCUT2D eigenvalue weighted by molar-refractivity contribution is -0.209. The maximum absolute atomic E-state index is 13.1. The lowest BCUT2D eigenvalue weighted by Crippen LogP contribution is -2.45. The molecule has 1 saturated heterocycles. The quantitative estimate of drug-likeness (QED) is 0.586. The molecule has 0 radical (unpaired) electrons. The lowest BCUT2D eigenvalue weighted by Gasteiger charge is -2.31. The first-order valence-electron chi connectivity index (χ1n) is 7.74. The van der Waals surface area contributed by atoms with Gasteiger partial charge in [0.2, 0.25) is 6.10 Å². The van der Waals surface area contributed by atoms with E-state index in [1.54, 1.807) is 4.90 Å². The molecule has 1 aromatic rings. The molecule has 0 unspecified atom stereocenters. The number of alkyl halides is 6. The molecule has 0 aromatic heterocycles. The van der Waals surface area contributed by atoms with E-state index in [1.807, 2.05) is 0 Å².